The molecule has 1 amide bonds. The number of unbranched alkanes of at least 4 members (excludes halogenated alkanes) is 2. The van der Waals surface area contributed by atoms with Crippen LogP contribution in [0.15, 0.2) is 42.0 Å². The molecule has 1 unspecified atom stereocenters. The second-order valence-electron chi connectivity index (χ2n) is 6.23. The Morgan fingerprint density at radius 2 is 2.20 bits per heavy atom. The molecule has 4 nitrogen and oxygen atoms in total. The van der Waals surface area contributed by atoms with Gasteiger partial charge in [-0.25, -0.2) is 0 Å². The minimum absolute atomic E-state index is 0. The molecule has 1 aliphatic heterocycles. The number of carbonyl (C=O) groups excluding carboxylic acids is 1. The van der Waals surface area contributed by atoms with E-state index in [2.05, 4.69) is 33.9 Å². The fraction of sp³-hybridized carbons (Fsp3) is 0.474. The third-order valence-electron chi connectivity index (χ3n) is 4.53. The summed E-state index contributed by atoms with van der Waals surface area (Å²) in [7, 11) is 0. The van der Waals surface area contributed by atoms with Crippen LogP contribution in [-0.2, 0) is 11.2 Å². The number of aromatic nitrogens is 1. The van der Waals surface area contributed by atoms with Crippen LogP contribution in [0.25, 0.3) is 0 Å². The van der Waals surface area contributed by atoms with Crippen LogP contribution in [0.2, 0.25) is 0 Å². The molecule has 1 N–H and O–H groups in total. The lowest BCUT2D eigenvalue weighted by atomic mass is 10.0. The first-order valence-electron chi connectivity index (χ1n) is 8.77. The normalized spacial score (nSPS) is 17.1. The lowest BCUT2D eigenvalue weighted by molar-refractivity contribution is -0.134. The fourth-order valence-electron chi connectivity index (χ4n) is 3.22. The first-order chi connectivity index (χ1) is 11.8. The number of piperazine rings is 1. The van der Waals surface area contributed by atoms with E-state index in [1.54, 1.807) is 6.20 Å². The molecule has 25 heavy (non-hydrogen) atoms. The summed E-state index contributed by atoms with van der Waals surface area (Å²) in [6.45, 7) is 2.48. The molecule has 2 aromatic heterocycles. The van der Waals surface area contributed by atoms with E-state index in [0.717, 1.165) is 44.5 Å². The molecule has 1 aliphatic rings. The number of nitrogens with one attached hydrogen (secondary N) is 1. The van der Waals surface area contributed by atoms with Gasteiger partial charge in [0.2, 0.25) is 5.91 Å². The topological polar surface area (TPSA) is 45.2 Å². The lowest BCUT2D eigenvalue weighted by Gasteiger charge is -2.36. The Hall–Kier alpha value is -1.43. The minimum Gasteiger partial charge on any atom is -0.333 e. The van der Waals surface area contributed by atoms with E-state index < -0.39 is 0 Å². The summed E-state index contributed by atoms with van der Waals surface area (Å²) in [5.41, 5.74) is 1.12. The van der Waals surface area contributed by atoms with Crippen LogP contribution in [0.3, 0.4) is 0 Å². The van der Waals surface area contributed by atoms with Gasteiger partial charge in [-0.1, -0.05) is 18.6 Å². The van der Waals surface area contributed by atoms with Gasteiger partial charge in [-0.2, -0.15) is 0 Å². The number of hydrogen-bond acceptors (Lipinski definition) is 4. The monoisotopic (exact) mass is 379 g/mol. The van der Waals surface area contributed by atoms with Gasteiger partial charge < -0.3 is 10.2 Å². The van der Waals surface area contributed by atoms with E-state index in [9.17, 15) is 4.79 Å². The van der Waals surface area contributed by atoms with E-state index in [1.165, 1.54) is 11.3 Å². The summed E-state index contributed by atoms with van der Waals surface area (Å²) in [6, 6.07) is 8.41. The molecule has 0 aliphatic carbocycles. The molecule has 0 radical (unpaired) electrons. The van der Waals surface area contributed by atoms with Crippen molar-refractivity contribution in [1.29, 1.82) is 0 Å². The van der Waals surface area contributed by atoms with Gasteiger partial charge in [-0.05, 0) is 42.3 Å². The minimum atomic E-state index is 0. The molecule has 0 spiro atoms. The van der Waals surface area contributed by atoms with E-state index in [0.29, 0.717) is 6.42 Å². The Morgan fingerprint density at radius 3 is 2.96 bits per heavy atom. The lowest BCUT2D eigenvalue weighted by Crippen LogP contribution is -2.48. The zero-order valence-corrected chi connectivity index (χ0v) is 16.0. The maximum Gasteiger partial charge on any atom is 0.223 e. The Labute approximate surface area is 160 Å². The second-order valence-corrected chi connectivity index (χ2v) is 7.27. The van der Waals surface area contributed by atoms with Crippen LogP contribution in [0, 0.1) is 0 Å². The molecule has 6 heteroatoms. The van der Waals surface area contributed by atoms with Crippen LogP contribution in [0.1, 0.15) is 42.2 Å². The van der Waals surface area contributed by atoms with Gasteiger partial charge in [0.05, 0.1) is 6.04 Å². The largest absolute Gasteiger partial charge is 0.333 e. The number of hydrogen-bond donors (Lipinski definition) is 1. The quantitative estimate of drug-likeness (QED) is 0.743. The molecule has 136 valence electrons. The molecule has 1 saturated heterocycles. The van der Waals surface area contributed by atoms with Crippen molar-refractivity contribution in [3.63, 3.8) is 0 Å². The van der Waals surface area contributed by atoms with Gasteiger partial charge in [-0.3, -0.25) is 9.78 Å². The van der Waals surface area contributed by atoms with Gasteiger partial charge >= 0.3 is 0 Å². The van der Waals surface area contributed by atoms with Crippen molar-refractivity contribution in [3.05, 3.63) is 52.5 Å². The summed E-state index contributed by atoms with van der Waals surface area (Å²) in [5.74, 6) is 0.279. The zero-order valence-electron chi connectivity index (χ0n) is 14.4. The highest BCUT2D eigenvalue weighted by Gasteiger charge is 2.27. The molecule has 0 aromatic carbocycles. The second kappa shape index (κ2) is 10.5. The number of aryl methyl sites for hydroxylation is 1. The number of nitrogens with zero attached hydrogens (tertiary/aromatic N) is 2. The molecule has 0 bridgehead atoms. The van der Waals surface area contributed by atoms with E-state index in [1.807, 2.05) is 28.5 Å². The third-order valence-corrected chi connectivity index (χ3v) is 5.46. The molecule has 1 atom stereocenters. The summed E-state index contributed by atoms with van der Waals surface area (Å²) >= 11 is 1.82. The smallest absolute Gasteiger partial charge is 0.223 e. The summed E-state index contributed by atoms with van der Waals surface area (Å²) in [5, 5.41) is 5.52. The summed E-state index contributed by atoms with van der Waals surface area (Å²) in [4.78, 5) is 20.3. The maximum atomic E-state index is 12.7. The van der Waals surface area contributed by atoms with Crippen molar-refractivity contribution in [2.75, 3.05) is 19.6 Å². The first kappa shape index (κ1) is 19.9. The van der Waals surface area contributed by atoms with E-state index in [4.69, 9.17) is 0 Å². The number of thiophene rings is 1. The Kier molecular flexibility index (Phi) is 8.38. The molecular formula is C19H26ClN3OS. The van der Waals surface area contributed by atoms with Crippen molar-refractivity contribution in [2.24, 2.45) is 0 Å². The van der Waals surface area contributed by atoms with Crippen molar-refractivity contribution >= 4 is 29.7 Å². The van der Waals surface area contributed by atoms with Crippen molar-refractivity contribution in [2.45, 2.75) is 38.1 Å². The van der Waals surface area contributed by atoms with Crippen molar-refractivity contribution in [3.8, 4) is 0 Å². The molecule has 3 heterocycles. The highest BCUT2D eigenvalue weighted by molar-refractivity contribution is 7.09. The molecule has 2 aromatic rings. The average molecular weight is 380 g/mol. The van der Waals surface area contributed by atoms with E-state index in [-0.39, 0.29) is 24.4 Å². The Morgan fingerprint density at radius 1 is 1.28 bits per heavy atom. The van der Waals surface area contributed by atoms with Crippen LogP contribution in [0.5, 0.6) is 0 Å². The molecule has 0 saturated carbocycles. The number of carbonyl (C=O) groups is 1. The Bertz CT molecular complexity index is 621. The summed E-state index contributed by atoms with van der Waals surface area (Å²) < 4.78 is 0. The molecule has 1 fully saturated rings. The van der Waals surface area contributed by atoms with Gasteiger partial charge in [0.1, 0.15) is 0 Å². The van der Waals surface area contributed by atoms with Crippen molar-refractivity contribution in [1.82, 2.24) is 15.2 Å². The van der Waals surface area contributed by atoms with Crippen molar-refractivity contribution < 1.29 is 4.79 Å². The molecular weight excluding hydrogens is 354 g/mol. The SMILES string of the molecule is Cl.O=C(CCCCCc1cccs1)N1CCNCC1c1cccnc1. The number of amides is 1. The summed E-state index contributed by atoms with van der Waals surface area (Å²) in [6.07, 6.45) is 8.71. The van der Waals surface area contributed by atoms with Gasteiger partial charge in [0.15, 0.2) is 0 Å². The predicted molar refractivity (Wildman–Crippen MR) is 105 cm³/mol. The maximum absolute atomic E-state index is 12.7. The Balaban J connectivity index is 0.00000225. The number of halogens is 1. The van der Waals surface area contributed by atoms with Gasteiger partial charge in [0.25, 0.3) is 0 Å². The number of pyridine rings is 1. The number of rotatable bonds is 7. The highest BCUT2D eigenvalue weighted by atomic mass is 35.5. The van der Waals surface area contributed by atoms with E-state index >= 15 is 0 Å². The van der Waals surface area contributed by atoms with Crippen LogP contribution < -0.4 is 5.32 Å². The molecule has 3 rings (SSSR count). The van der Waals surface area contributed by atoms with Crippen LogP contribution in [0.4, 0.5) is 0 Å². The van der Waals surface area contributed by atoms with Gasteiger partial charge in [0, 0.05) is 43.3 Å². The van der Waals surface area contributed by atoms with Gasteiger partial charge in [-0.15, -0.1) is 23.7 Å². The van der Waals surface area contributed by atoms with Crippen LogP contribution >= 0.6 is 23.7 Å². The highest BCUT2D eigenvalue weighted by Crippen LogP contribution is 2.23. The third kappa shape index (κ3) is 5.80. The fourth-order valence-corrected chi connectivity index (χ4v) is 3.98. The average Bonchev–Trinajstić information content (AvgIpc) is 3.15. The van der Waals surface area contributed by atoms with Crippen LogP contribution in [-0.4, -0.2) is 35.4 Å². The zero-order chi connectivity index (χ0) is 16.6. The predicted octanol–water partition coefficient (Wildman–Crippen LogP) is 3.84. The first-order valence-corrected chi connectivity index (χ1v) is 9.65. The standard InChI is InChI=1S/C19H25N3OS.ClH/c23-19(9-3-1-2-7-17-8-5-13-24-17)22-12-11-21-15-18(22)16-6-4-10-20-14-16;/h4-6,8,10,13-14,18,21H,1-3,7,9,11-12,15H2;1H.